The fourth-order valence-corrected chi connectivity index (χ4v) is 3.07. The second-order valence-electron chi connectivity index (χ2n) is 8.21. The highest BCUT2D eigenvalue weighted by molar-refractivity contribution is 5.80. The fraction of sp³-hybridized carbons (Fsp3) is 0.667. The van der Waals surface area contributed by atoms with Crippen LogP contribution in [-0.4, -0.2) is 109 Å². The van der Waals surface area contributed by atoms with Crippen LogP contribution in [0.15, 0.2) is 0 Å². The molecule has 1 saturated carbocycles. The van der Waals surface area contributed by atoms with Gasteiger partial charge in [0.25, 0.3) is 0 Å². The summed E-state index contributed by atoms with van der Waals surface area (Å²) >= 11 is 0. The second-order valence-corrected chi connectivity index (χ2v) is 8.21. The molecule has 0 atom stereocenters. The topological polar surface area (TPSA) is 158 Å². The van der Waals surface area contributed by atoms with Crippen LogP contribution >= 0.6 is 0 Å². The maximum absolute atomic E-state index is 13.0. The Bertz CT molecular complexity index is 998. The Morgan fingerprint density at radius 2 is 0.333 bits per heavy atom. The zero-order chi connectivity index (χ0) is 38.2. The molecule has 0 bridgehead atoms. The van der Waals surface area contributed by atoms with Crippen molar-refractivity contribution in [1.29, 1.82) is 0 Å². The number of carbonyl (C=O) groups excluding carboxylic acids is 6. The van der Waals surface area contributed by atoms with Crippen molar-refractivity contribution < 1.29 is 136 Å². The van der Waals surface area contributed by atoms with Crippen LogP contribution in [0.25, 0.3) is 0 Å². The number of carbonyl (C=O) groups is 6. The zero-order valence-corrected chi connectivity index (χ0v) is 21.2. The molecule has 276 valence electrons. The van der Waals surface area contributed by atoms with E-state index in [2.05, 4.69) is 28.4 Å². The summed E-state index contributed by atoms with van der Waals surface area (Å²) in [5.41, 5.74) is 0. The van der Waals surface area contributed by atoms with Crippen molar-refractivity contribution in [3.63, 3.8) is 0 Å². The van der Waals surface area contributed by atoms with E-state index in [1.54, 1.807) is 0 Å². The fourth-order valence-electron chi connectivity index (χ4n) is 3.07. The molecule has 48 heavy (non-hydrogen) atoms. The van der Waals surface area contributed by atoms with Crippen LogP contribution in [0.5, 0.6) is 0 Å². The molecule has 1 aliphatic carbocycles. The third-order valence-corrected chi connectivity index (χ3v) is 4.79. The van der Waals surface area contributed by atoms with E-state index < -0.39 is 109 Å². The van der Waals surface area contributed by atoms with E-state index in [4.69, 9.17) is 0 Å². The van der Waals surface area contributed by atoms with E-state index >= 15 is 0 Å². The van der Waals surface area contributed by atoms with Gasteiger partial charge in [-0.25, -0.2) is 28.8 Å². The smallest absolute Gasteiger partial charge is 0.447 e. The molecule has 0 amide bonds. The highest BCUT2D eigenvalue weighted by Crippen LogP contribution is 2.39. The molecule has 12 nitrogen and oxygen atoms in total. The molecule has 0 aromatic heterocycles. The Labute approximate surface area is 247 Å². The van der Waals surface area contributed by atoms with Crippen molar-refractivity contribution in [3.8, 4) is 0 Å². The molecule has 1 fully saturated rings. The van der Waals surface area contributed by atoms with Crippen molar-refractivity contribution in [2.75, 3.05) is 0 Å². The van der Waals surface area contributed by atoms with Crippen LogP contribution in [0.4, 0.5) is 79.0 Å². The summed E-state index contributed by atoms with van der Waals surface area (Å²) in [7, 11) is 0. The number of hydrogen-bond acceptors (Lipinski definition) is 12. The van der Waals surface area contributed by atoms with E-state index in [9.17, 15) is 108 Å². The van der Waals surface area contributed by atoms with Crippen molar-refractivity contribution >= 4 is 35.8 Å². The van der Waals surface area contributed by atoms with Crippen LogP contribution in [0.1, 0.15) is 0 Å². The van der Waals surface area contributed by atoms with E-state index in [0.717, 1.165) is 0 Å². The molecule has 0 spiro atoms. The lowest BCUT2D eigenvalue weighted by Gasteiger charge is -2.47. The molecule has 0 N–H and O–H groups in total. The molecule has 30 heteroatoms. The highest BCUT2D eigenvalue weighted by atomic mass is 19.4. The lowest BCUT2D eigenvalue weighted by atomic mass is 9.83. The summed E-state index contributed by atoms with van der Waals surface area (Å²) in [5.74, 6) is -23.8. The molecule has 0 unspecified atom stereocenters. The van der Waals surface area contributed by atoms with Gasteiger partial charge in [0.05, 0.1) is 0 Å². The van der Waals surface area contributed by atoms with Gasteiger partial charge in [0, 0.05) is 0 Å². The average molecular weight is 756 g/mol. The van der Waals surface area contributed by atoms with Gasteiger partial charge in [0.15, 0.2) is 36.6 Å². The highest BCUT2D eigenvalue weighted by Gasteiger charge is 2.66. The summed E-state index contributed by atoms with van der Waals surface area (Å²) in [6, 6.07) is 0. The SMILES string of the molecule is O=C(OC1C(OC(=O)C(F)(F)F)C(OC(=O)C(F)(F)F)C(OC(=O)C(F)(F)F)C(OC(=O)C(F)(F)F)C1OC(=O)C(F)(F)F)C(F)(F)F. The van der Waals surface area contributed by atoms with Crippen molar-refractivity contribution in [2.45, 2.75) is 73.7 Å². The molecular formula is C18H6F18O12. The number of ether oxygens (including phenoxy) is 6. The summed E-state index contributed by atoms with van der Waals surface area (Å²) < 4.78 is 253. The number of rotatable bonds is 6. The molecular weight excluding hydrogens is 750 g/mol. The van der Waals surface area contributed by atoms with Gasteiger partial charge < -0.3 is 28.4 Å². The van der Waals surface area contributed by atoms with Gasteiger partial charge in [-0.05, 0) is 0 Å². The number of halogens is 18. The van der Waals surface area contributed by atoms with E-state index in [1.165, 1.54) is 0 Å². The predicted molar refractivity (Wildman–Crippen MR) is 95.6 cm³/mol. The third kappa shape index (κ3) is 10.8. The van der Waals surface area contributed by atoms with E-state index in [-0.39, 0.29) is 0 Å². The number of hydrogen-bond donors (Lipinski definition) is 0. The molecule has 0 radical (unpaired) electrons. The van der Waals surface area contributed by atoms with E-state index in [0.29, 0.717) is 0 Å². The first kappa shape index (κ1) is 41.6. The minimum atomic E-state index is -6.56. The van der Waals surface area contributed by atoms with Gasteiger partial charge >= 0.3 is 72.9 Å². The van der Waals surface area contributed by atoms with Gasteiger partial charge in [-0.3, -0.25) is 0 Å². The van der Waals surface area contributed by atoms with Crippen molar-refractivity contribution in [1.82, 2.24) is 0 Å². The van der Waals surface area contributed by atoms with Crippen LogP contribution in [0.2, 0.25) is 0 Å². The molecule has 0 saturated heterocycles. The molecule has 0 aromatic carbocycles. The van der Waals surface area contributed by atoms with Gasteiger partial charge in [-0.1, -0.05) is 0 Å². The Balaban J connectivity index is 4.35. The maximum Gasteiger partial charge on any atom is 0.490 e. The second kappa shape index (κ2) is 13.6. The molecule has 0 heterocycles. The third-order valence-electron chi connectivity index (χ3n) is 4.79. The Hall–Kier alpha value is -4.44. The molecule has 0 aliphatic heterocycles. The quantitative estimate of drug-likeness (QED) is 0.222. The van der Waals surface area contributed by atoms with Gasteiger partial charge in [-0.2, -0.15) is 79.0 Å². The predicted octanol–water partition coefficient (Wildman–Crippen LogP) is 2.84. The first-order chi connectivity index (χ1) is 21.1. The Morgan fingerprint density at radius 1 is 0.250 bits per heavy atom. The maximum atomic E-state index is 13.0. The molecule has 1 rings (SSSR count). The standard InChI is InChI=1S/C18H6F18O12/c19-13(20,21)7(37)43-1-2(44-8(38)14(22,23)24)4(46-10(40)16(28,29)30)6(48-12(42)18(34,35)36)5(47-11(41)17(31,32)33)3(1)45-9(39)15(25,26)27/h1-6H. The number of esters is 6. The summed E-state index contributed by atoms with van der Waals surface area (Å²) in [6.07, 6.45) is -65.9. The number of alkyl halides is 18. The van der Waals surface area contributed by atoms with Crippen molar-refractivity contribution in [2.24, 2.45) is 0 Å². The zero-order valence-electron chi connectivity index (χ0n) is 21.2. The normalized spacial score (nSPS) is 24.1. The average Bonchev–Trinajstić information content (AvgIpc) is 2.85. The minimum absolute atomic E-state index is 3.36. The minimum Gasteiger partial charge on any atom is -0.447 e. The van der Waals surface area contributed by atoms with E-state index in [1.807, 2.05) is 0 Å². The van der Waals surface area contributed by atoms with Crippen LogP contribution in [0, 0.1) is 0 Å². The molecule has 0 aromatic rings. The monoisotopic (exact) mass is 756 g/mol. The van der Waals surface area contributed by atoms with Crippen molar-refractivity contribution in [3.05, 3.63) is 0 Å². The Kier molecular flexibility index (Phi) is 11.8. The lowest BCUT2D eigenvalue weighted by molar-refractivity contribution is -0.294. The summed E-state index contributed by atoms with van der Waals surface area (Å²) in [5, 5.41) is 0. The van der Waals surface area contributed by atoms with Crippen LogP contribution < -0.4 is 0 Å². The first-order valence-electron chi connectivity index (χ1n) is 10.8. The van der Waals surface area contributed by atoms with Gasteiger partial charge in [0.1, 0.15) is 0 Å². The Morgan fingerprint density at radius 3 is 0.396 bits per heavy atom. The summed E-state index contributed by atoms with van der Waals surface area (Å²) in [6.45, 7) is 0. The summed E-state index contributed by atoms with van der Waals surface area (Å²) in [4.78, 5) is 68.8. The first-order valence-corrected chi connectivity index (χ1v) is 10.8. The largest absolute Gasteiger partial charge is 0.490 e. The van der Waals surface area contributed by atoms with Gasteiger partial charge in [-0.15, -0.1) is 0 Å². The lowest BCUT2D eigenvalue weighted by Crippen LogP contribution is -2.70. The molecule has 1 aliphatic rings. The van der Waals surface area contributed by atoms with Gasteiger partial charge in [0.2, 0.25) is 0 Å². The van der Waals surface area contributed by atoms with Crippen LogP contribution in [-0.2, 0) is 57.2 Å². The van der Waals surface area contributed by atoms with Crippen LogP contribution in [0.3, 0.4) is 0 Å².